The third kappa shape index (κ3) is 5.88. The number of rotatable bonds is 10. The molecule has 9 heteroatoms. The number of anilines is 2. The second kappa shape index (κ2) is 11.7. The third-order valence-corrected chi connectivity index (χ3v) is 9.01. The van der Waals surface area contributed by atoms with Crippen LogP contribution in [0.15, 0.2) is 42.6 Å². The first-order chi connectivity index (χ1) is 21.0. The Hall–Kier alpha value is -3.82. The van der Waals surface area contributed by atoms with Gasteiger partial charge in [0.05, 0.1) is 44.3 Å². The molecule has 0 radical (unpaired) electrons. The molecule has 43 heavy (non-hydrogen) atoms. The SMILES string of the molecule is CCc1cccc2cccc(N3CCc4c(nc(OCC5(CN(C)C)CC5)nc4NCc4ncc5c(n4)CCOC5)C3)c12. The molecule has 224 valence electrons. The van der Waals surface area contributed by atoms with Crippen molar-refractivity contribution >= 4 is 22.3 Å². The van der Waals surface area contributed by atoms with Crippen LogP contribution in [0.4, 0.5) is 11.5 Å². The van der Waals surface area contributed by atoms with Crippen molar-refractivity contribution < 1.29 is 9.47 Å². The first-order valence-electron chi connectivity index (χ1n) is 15.6. The Balaban J connectivity index is 1.18. The molecule has 7 rings (SSSR count). The zero-order chi connectivity index (χ0) is 29.4. The van der Waals surface area contributed by atoms with Crippen LogP contribution in [-0.2, 0) is 43.7 Å². The Labute approximate surface area is 253 Å². The highest BCUT2D eigenvalue weighted by molar-refractivity contribution is 5.97. The van der Waals surface area contributed by atoms with Crippen LogP contribution in [0.1, 0.15) is 53.7 Å². The van der Waals surface area contributed by atoms with Crippen molar-refractivity contribution in [1.29, 1.82) is 0 Å². The van der Waals surface area contributed by atoms with Crippen LogP contribution < -0.4 is 15.0 Å². The summed E-state index contributed by atoms with van der Waals surface area (Å²) in [6, 6.07) is 13.7. The number of hydrogen-bond donors (Lipinski definition) is 1. The first kappa shape index (κ1) is 28.0. The maximum Gasteiger partial charge on any atom is 0.318 e. The van der Waals surface area contributed by atoms with E-state index >= 15 is 0 Å². The molecule has 1 N–H and O–H groups in total. The van der Waals surface area contributed by atoms with Crippen LogP contribution in [0.25, 0.3) is 10.8 Å². The van der Waals surface area contributed by atoms with E-state index in [9.17, 15) is 0 Å². The molecule has 0 atom stereocenters. The van der Waals surface area contributed by atoms with Gasteiger partial charge in [0, 0.05) is 53.3 Å². The van der Waals surface area contributed by atoms with Crippen molar-refractivity contribution in [3.8, 4) is 6.01 Å². The summed E-state index contributed by atoms with van der Waals surface area (Å²) in [5, 5.41) is 6.19. The molecule has 2 aromatic carbocycles. The average Bonchev–Trinajstić information content (AvgIpc) is 3.80. The summed E-state index contributed by atoms with van der Waals surface area (Å²) in [7, 11) is 4.25. The lowest BCUT2D eigenvalue weighted by atomic mass is 9.98. The molecule has 1 saturated carbocycles. The molecule has 0 unspecified atom stereocenters. The van der Waals surface area contributed by atoms with Gasteiger partial charge in [0.1, 0.15) is 11.6 Å². The lowest BCUT2D eigenvalue weighted by molar-refractivity contribution is 0.108. The van der Waals surface area contributed by atoms with E-state index in [0.717, 1.165) is 66.5 Å². The number of nitrogens with zero attached hydrogens (tertiary/aromatic N) is 6. The van der Waals surface area contributed by atoms with Gasteiger partial charge in [0.15, 0.2) is 0 Å². The molecule has 3 aliphatic rings. The van der Waals surface area contributed by atoms with E-state index in [1.54, 1.807) is 0 Å². The molecule has 4 heterocycles. The van der Waals surface area contributed by atoms with Crippen molar-refractivity contribution in [2.24, 2.45) is 5.41 Å². The van der Waals surface area contributed by atoms with Gasteiger partial charge in [0.25, 0.3) is 0 Å². The van der Waals surface area contributed by atoms with Gasteiger partial charge in [-0.15, -0.1) is 0 Å². The van der Waals surface area contributed by atoms with Gasteiger partial charge in [-0.25, -0.2) is 9.97 Å². The Morgan fingerprint density at radius 3 is 2.72 bits per heavy atom. The number of fused-ring (bicyclic) bond motifs is 3. The van der Waals surface area contributed by atoms with Crippen molar-refractivity contribution in [3.63, 3.8) is 0 Å². The molecular weight excluding hydrogens is 538 g/mol. The normalized spacial score (nSPS) is 17.1. The predicted molar refractivity (Wildman–Crippen MR) is 169 cm³/mol. The molecule has 9 nitrogen and oxygen atoms in total. The van der Waals surface area contributed by atoms with E-state index < -0.39 is 0 Å². The fourth-order valence-corrected chi connectivity index (χ4v) is 6.61. The molecule has 2 aromatic heterocycles. The molecule has 0 saturated heterocycles. The van der Waals surface area contributed by atoms with Gasteiger partial charge >= 0.3 is 6.01 Å². The quantitative estimate of drug-likeness (QED) is 0.280. The number of ether oxygens (including phenoxy) is 2. The summed E-state index contributed by atoms with van der Waals surface area (Å²) in [5.41, 5.74) is 7.18. The topological polar surface area (TPSA) is 88.5 Å². The minimum Gasteiger partial charge on any atom is -0.463 e. The summed E-state index contributed by atoms with van der Waals surface area (Å²) < 4.78 is 11.9. The summed E-state index contributed by atoms with van der Waals surface area (Å²) in [5.74, 6) is 1.59. The van der Waals surface area contributed by atoms with Crippen molar-refractivity contribution in [1.82, 2.24) is 24.8 Å². The fraction of sp³-hybridized carbons (Fsp3) is 0.471. The van der Waals surface area contributed by atoms with Crippen LogP contribution >= 0.6 is 0 Å². The molecule has 0 spiro atoms. The highest BCUT2D eigenvalue weighted by Gasteiger charge is 2.44. The molecule has 1 aliphatic carbocycles. The average molecular weight is 580 g/mol. The molecule has 0 bridgehead atoms. The van der Waals surface area contributed by atoms with Gasteiger partial charge in [0.2, 0.25) is 0 Å². The van der Waals surface area contributed by atoms with E-state index in [4.69, 9.17) is 24.4 Å². The van der Waals surface area contributed by atoms with Crippen LogP contribution in [0, 0.1) is 5.41 Å². The predicted octanol–water partition coefficient (Wildman–Crippen LogP) is 4.95. The maximum atomic E-state index is 6.36. The van der Waals surface area contributed by atoms with E-state index in [1.807, 2.05) is 6.20 Å². The van der Waals surface area contributed by atoms with E-state index in [-0.39, 0.29) is 5.41 Å². The van der Waals surface area contributed by atoms with Crippen LogP contribution in [0.2, 0.25) is 0 Å². The lowest BCUT2D eigenvalue weighted by Crippen LogP contribution is -2.33. The third-order valence-electron chi connectivity index (χ3n) is 9.01. The highest BCUT2D eigenvalue weighted by Crippen LogP contribution is 2.46. The Kier molecular flexibility index (Phi) is 7.61. The molecule has 2 aliphatic heterocycles. The number of nitrogens with one attached hydrogen (secondary N) is 1. The minimum atomic E-state index is 0.197. The van der Waals surface area contributed by atoms with Gasteiger partial charge < -0.3 is 24.6 Å². The van der Waals surface area contributed by atoms with Gasteiger partial charge in [-0.1, -0.05) is 37.3 Å². The van der Waals surface area contributed by atoms with Crippen molar-refractivity contribution in [2.45, 2.75) is 58.7 Å². The monoisotopic (exact) mass is 579 g/mol. The molecular formula is C34H41N7O2. The largest absolute Gasteiger partial charge is 0.463 e. The summed E-state index contributed by atoms with van der Waals surface area (Å²) in [6.45, 7) is 7.26. The zero-order valence-corrected chi connectivity index (χ0v) is 25.5. The lowest BCUT2D eigenvalue weighted by Gasteiger charge is -2.32. The number of benzene rings is 2. The van der Waals surface area contributed by atoms with E-state index in [1.165, 1.54) is 34.9 Å². The number of aromatic nitrogens is 4. The smallest absolute Gasteiger partial charge is 0.318 e. The second-order valence-electron chi connectivity index (χ2n) is 12.5. The Morgan fingerprint density at radius 2 is 1.91 bits per heavy atom. The number of aryl methyl sites for hydroxylation is 1. The zero-order valence-electron chi connectivity index (χ0n) is 25.5. The van der Waals surface area contributed by atoms with Crippen molar-refractivity contribution in [2.75, 3.05) is 50.6 Å². The van der Waals surface area contributed by atoms with Crippen molar-refractivity contribution in [3.05, 3.63) is 76.5 Å². The van der Waals surface area contributed by atoms with Crippen LogP contribution in [0.5, 0.6) is 6.01 Å². The Morgan fingerprint density at radius 1 is 1.05 bits per heavy atom. The van der Waals surface area contributed by atoms with E-state index in [0.29, 0.717) is 38.9 Å². The maximum absolute atomic E-state index is 6.36. The Bertz CT molecular complexity index is 1630. The summed E-state index contributed by atoms with van der Waals surface area (Å²) in [6.07, 6.45) is 6.92. The minimum absolute atomic E-state index is 0.197. The summed E-state index contributed by atoms with van der Waals surface area (Å²) >= 11 is 0. The molecule has 4 aromatic rings. The molecule has 0 amide bonds. The molecule has 1 fully saturated rings. The second-order valence-corrected chi connectivity index (χ2v) is 12.5. The summed E-state index contributed by atoms with van der Waals surface area (Å²) in [4.78, 5) is 24.1. The highest BCUT2D eigenvalue weighted by atomic mass is 16.5. The van der Waals surface area contributed by atoms with Crippen LogP contribution in [0.3, 0.4) is 0 Å². The van der Waals surface area contributed by atoms with Gasteiger partial charge in [-0.2, -0.15) is 9.97 Å². The fourth-order valence-electron chi connectivity index (χ4n) is 6.61. The number of hydrogen-bond acceptors (Lipinski definition) is 9. The van der Waals surface area contributed by atoms with Crippen LogP contribution in [-0.4, -0.2) is 65.2 Å². The standard InChI is InChI=1S/C34H41N7O2/c1-4-23-7-5-8-24-9-6-10-29(31(23)24)41-15-11-26-28(19-41)38-33(43-22-34(13-14-34)21-40(2)3)39-32(26)36-18-30-35-17-25-20-42-16-12-27(25)37-30/h5-10,17H,4,11-16,18-22H2,1-3H3,(H,36,38,39). The van der Waals surface area contributed by atoms with Gasteiger partial charge in [-0.3, -0.25) is 0 Å². The van der Waals surface area contributed by atoms with E-state index in [2.05, 4.69) is 77.5 Å². The van der Waals surface area contributed by atoms with Gasteiger partial charge in [-0.05, 0) is 56.8 Å². The first-order valence-corrected chi connectivity index (χ1v) is 15.6.